The molecule has 1 aromatic heterocycles. The summed E-state index contributed by atoms with van der Waals surface area (Å²) in [5.41, 5.74) is -1.74. The van der Waals surface area contributed by atoms with Crippen LogP contribution in [0, 0.1) is 0 Å². The molecule has 2 fully saturated rings. The van der Waals surface area contributed by atoms with Crippen molar-refractivity contribution in [2.45, 2.75) is 77.3 Å². The van der Waals surface area contributed by atoms with E-state index >= 15 is 0 Å². The highest BCUT2D eigenvalue weighted by atomic mass is 16.3. The lowest BCUT2D eigenvalue weighted by Crippen LogP contribution is -2.52. The third-order valence-electron chi connectivity index (χ3n) is 8.80. The molecule has 0 saturated carbocycles. The normalized spacial score (nSPS) is 17.9. The number of hydrogen-bond acceptors (Lipinski definition) is 7. The van der Waals surface area contributed by atoms with Crippen molar-refractivity contribution in [1.29, 1.82) is 0 Å². The Morgan fingerprint density at radius 3 is 1.33 bits per heavy atom. The van der Waals surface area contributed by atoms with Crippen LogP contribution in [0.5, 0.6) is 0 Å². The smallest absolute Gasteiger partial charge is 0.237 e. The summed E-state index contributed by atoms with van der Waals surface area (Å²) in [6, 6.07) is 9.48. The molecule has 2 saturated heterocycles. The van der Waals surface area contributed by atoms with E-state index in [1.807, 2.05) is 27.7 Å². The predicted molar refractivity (Wildman–Crippen MR) is 154 cm³/mol. The first-order valence-corrected chi connectivity index (χ1v) is 14.2. The van der Waals surface area contributed by atoms with Gasteiger partial charge in [0.15, 0.2) is 11.6 Å². The molecule has 0 spiro atoms. The van der Waals surface area contributed by atoms with Crippen molar-refractivity contribution in [3.63, 3.8) is 0 Å². The number of carbonyl (C=O) groups excluding carboxylic acids is 2. The van der Waals surface area contributed by atoms with Gasteiger partial charge in [-0.2, -0.15) is 0 Å². The van der Waals surface area contributed by atoms with Crippen LogP contribution in [-0.4, -0.2) is 58.6 Å². The predicted octanol–water partition coefficient (Wildman–Crippen LogP) is 5.20. The standard InChI is InChI=1S/C32H38N2O5/c1-31(2,33-15-7-5-8-16-33)29(37)21-11-13-25-23(19-21)27(35)28(36)24-20-22(12-14-26(24)39-25)30(38)32(3,4)34-17-9-6-10-18-34/h11-14,19-20H,5-10,15-18H2,1-4H3. The Hall–Kier alpha value is -3.16. The number of hydrogen-bond donors (Lipinski definition) is 0. The largest absolute Gasteiger partial charge is 0.456 e. The second kappa shape index (κ2) is 10.4. The first-order valence-electron chi connectivity index (χ1n) is 14.2. The van der Waals surface area contributed by atoms with E-state index in [0.29, 0.717) is 11.1 Å². The van der Waals surface area contributed by atoms with Crippen LogP contribution in [0.3, 0.4) is 0 Å². The third-order valence-corrected chi connectivity index (χ3v) is 8.80. The highest BCUT2D eigenvalue weighted by Gasteiger charge is 2.37. The van der Waals surface area contributed by atoms with Crippen molar-refractivity contribution >= 4 is 33.5 Å². The maximum atomic E-state index is 13.6. The monoisotopic (exact) mass is 530 g/mol. The molecule has 0 radical (unpaired) electrons. The van der Waals surface area contributed by atoms with Crippen LogP contribution in [-0.2, 0) is 0 Å². The molecule has 2 aliphatic rings. The zero-order valence-corrected chi connectivity index (χ0v) is 23.5. The van der Waals surface area contributed by atoms with E-state index in [4.69, 9.17) is 4.42 Å². The van der Waals surface area contributed by atoms with Gasteiger partial charge in [0.05, 0.1) is 21.9 Å². The van der Waals surface area contributed by atoms with E-state index in [0.717, 1.165) is 64.7 Å². The summed E-state index contributed by atoms with van der Waals surface area (Å²) in [5, 5.41) is 0.135. The third kappa shape index (κ3) is 4.98. The number of fused-ring (bicyclic) bond motifs is 2. The van der Waals surface area contributed by atoms with Gasteiger partial charge in [0.25, 0.3) is 0 Å². The fraction of sp³-hybridized carbons (Fsp3) is 0.500. The van der Waals surface area contributed by atoms with Crippen LogP contribution in [0.1, 0.15) is 86.9 Å². The maximum absolute atomic E-state index is 13.6. The first kappa shape index (κ1) is 27.4. The summed E-state index contributed by atoms with van der Waals surface area (Å²) in [6.07, 6.45) is 6.55. The molecule has 0 atom stereocenters. The molecule has 0 N–H and O–H groups in total. The molecule has 0 amide bonds. The molecule has 2 aromatic carbocycles. The molecule has 0 bridgehead atoms. The van der Waals surface area contributed by atoms with Gasteiger partial charge in [-0.3, -0.25) is 29.0 Å². The van der Waals surface area contributed by atoms with Crippen molar-refractivity contribution in [2.75, 3.05) is 26.2 Å². The lowest BCUT2D eigenvalue weighted by molar-refractivity contribution is 0.0576. The minimum atomic E-state index is -0.742. The zero-order chi connectivity index (χ0) is 27.9. The molecular weight excluding hydrogens is 492 g/mol. The summed E-state index contributed by atoms with van der Waals surface area (Å²) < 4.78 is 6.03. The van der Waals surface area contributed by atoms with E-state index in [1.54, 1.807) is 24.3 Å². The number of carbonyl (C=O) groups is 2. The van der Waals surface area contributed by atoms with Crippen LogP contribution in [0.4, 0.5) is 0 Å². The molecule has 7 nitrogen and oxygen atoms in total. The van der Waals surface area contributed by atoms with E-state index in [9.17, 15) is 19.2 Å². The Bertz CT molecular complexity index is 1440. The maximum Gasteiger partial charge on any atom is 0.237 e. The van der Waals surface area contributed by atoms with Gasteiger partial charge in [0.2, 0.25) is 10.9 Å². The quantitative estimate of drug-likeness (QED) is 0.320. The zero-order valence-electron chi connectivity index (χ0n) is 23.5. The van der Waals surface area contributed by atoms with E-state index in [2.05, 4.69) is 9.80 Å². The van der Waals surface area contributed by atoms with Crippen LogP contribution in [0.2, 0.25) is 0 Å². The van der Waals surface area contributed by atoms with E-state index in [-0.39, 0.29) is 33.5 Å². The average Bonchev–Trinajstić information content (AvgIpc) is 3.06. The lowest BCUT2D eigenvalue weighted by atomic mass is 9.89. The Balaban J connectivity index is 1.56. The van der Waals surface area contributed by atoms with Crippen LogP contribution in [0.15, 0.2) is 50.4 Å². The van der Waals surface area contributed by atoms with E-state index in [1.165, 1.54) is 12.1 Å². The summed E-state index contributed by atoms with van der Waals surface area (Å²) in [5.74, 6) is -0.191. The number of rotatable bonds is 6. The van der Waals surface area contributed by atoms with Gasteiger partial charge in [0, 0.05) is 11.1 Å². The van der Waals surface area contributed by atoms with Gasteiger partial charge in [-0.15, -0.1) is 0 Å². The topological polar surface area (TPSA) is 87.9 Å². The second-order valence-electron chi connectivity index (χ2n) is 12.1. The molecule has 0 aliphatic carbocycles. The first-order chi connectivity index (χ1) is 18.5. The fourth-order valence-corrected chi connectivity index (χ4v) is 6.14. The number of nitrogens with zero attached hydrogens (tertiary/aromatic N) is 2. The second-order valence-corrected chi connectivity index (χ2v) is 12.1. The van der Waals surface area contributed by atoms with E-state index < -0.39 is 21.9 Å². The Kier molecular flexibility index (Phi) is 7.33. The molecule has 39 heavy (non-hydrogen) atoms. The molecule has 5 rings (SSSR count). The van der Waals surface area contributed by atoms with Crippen LogP contribution in [0.25, 0.3) is 21.9 Å². The molecule has 3 heterocycles. The van der Waals surface area contributed by atoms with Gasteiger partial charge < -0.3 is 4.42 Å². The Morgan fingerprint density at radius 2 is 0.974 bits per heavy atom. The van der Waals surface area contributed by atoms with Crippen LogP contribution < -0.4 is 10.9 Å². The SMILES string of the molecule is CC(C)(C(=O)c1ccc2oc3ccc(C(=O)C(C)(C)N4CCCCC4)cc3c(=O)c(=O)c2c1)N1CCCCC1. The number of Topliss-reactive ketones (excluding diaryl/α,β-unsaturated/α-hetero) is 2. The molecule has 3 aromatic rings. The molecule has 206 valence electrons. The number of likely N-dealkylation sites (tertiary alicyclic amines) is 2. The van der Waals surface area contributed by atoms with Crippen molar-refractivity contribution in [3.8, 4) is 0 Å². The van der Waals surface area contributed by atoms with Crippen molar-refractivity contribution in [1.82, 2.24) is 9.80 Å². The van der Waals surface area contributed by atoms with Gasteiger partial charge in [-0.1, -0.05) is 12.8 Å². The van der Waals surface area contributed by atoms with Gasteiger partial charge >= 0.3 is 0 Å². The summed E-state index contributed by atoms with van der Waals surface area (Å²) in [4.78, 5) is 58.3. The highest BCUT2D eigenvalue weighted by Crippen LogP contribution is 2.28. The summed E-state index contributed by atoms with van der Waals surface area (Å²) >= 11 is 0. The van der Waals surface area contributed by atoms with Gasteiger partial charge in [0.1, 0.15) is 11.2 Å². The number of benzene rings is 2. The van der Waals surface area contributed by atoms with Crippen molar-refractivity contribution < 1.29 is 14.0 Å². The minimum absolute atomic E-state index is 0.0676. The van der Waals surface area contributed by atoms with Gasteiger partial charge in [-0.25, -0.2) is 0 Å². The Labute approximate surface area is 228 Å². The van der Waals surface area contributed by atoms with Crippen molar-refractivity contribution in [3.05, 3.63) is 68.0 Å². The average molecular weight is 531 g/mol. The Morgan fingerprint density at radius 1 is 0.615 bits per heavy atom. The van der Waals surface area contributed by atoms with Gasteiger partial charge in [-0.05, 0) is 116 Å². The molecule has 0 unspecified atom stereocenters. The van der Waals surface area contributed by atoms with Crippen LogP contribution >= 0.6 is 0 Å². The molecule has 7 heteroatoms. The molecule has 2 aliphatic heterocycles. The minimum Gasteiger partial charge on any atom is -0.456 e. The molecular formula is C32H38N2O5. The summed E-state index contributed by atoms with van der Waals surface area (Å²) in [6.45, 7) is 11.1. The number of ketones is 2. The highest BCUT2D eigenvalue weighted by molar-refractivity contribution is 6.06. The number of piperidine rings is 2. The van der Waals surface area contributed by atoms with Crippen molar-refractivity contribution in [2.24, 2.45) is 0 Å². The summed E-state index contributed by atoms with van der Waals surface area (Å²) in [7, 11) is 0. The lowest BCUT2D eigenvalue weighted by Gasteiger charge is -2.39. The fourth-order valence-electron chi connectivity index (χ4n) is 6.14.